The van der Waals surface area contributed by atoms with Gasteiger partial charge in [0, 0.05) is 24.7 Å². The molecule has 0 unspecified atom stereocenters. The maximum Gasteiger partial charge on any atom is 0.239 e. The summed E-state index contributed by atoms with van der Waals surface area (Å²) in [7, 11) is 1.64. The fourth-order valence-corrected chi connectivity index (χ4v) is 4.56. The van der Waals surface area contributed by atoms with Crippen molar-refractivity contribution in [2.75, 3.05) is 23.8 Å². The van der Waals surface area contributed by atoms with Gasteiger partial charge in [0.15, 0.2) is 5.78 Å². The van der Waals surface area contributed by atoms with Crippen LogP contribution < -0.4 is 15.5 Å². The van der Waals surface area contributed by atoms with Crippen molar-refractivity contribution in [2.45, 2.75) is 39.7 Å². The average Bonchev–Trinajstić information content (AvgIpc) is 2.82. The van der Waals surface area contributed by atoms with Crippen LogP contribution in [0.3, 0.4) is 0 Å². The molecule has 1 aliphatic carbocycles. The van der Waals surface area contributed by atoms with E-state index in [1.165, 1.54) is 0 Å². The smallest absolute Gasteiger partial charge is 0.239 e. The van der Waals surface area contributed by atoms with Gasteiger partial charge >= 0.3 is 0 Å². The number of fused-ring (bicyclic) bond motifs is 1. The van der Waals surface area contributed by atoms with Gasteiger partial charge in [-0.3, -0.25) is 9.59 Å². The Kier molecular flexibility index (Phi) is 5.14. The Hall–Kier alpha value is -3.08. The van der Waals surface area contributed by atoms with E-state index in [4.69, 9.17) is 0 Å². The summed E-state index contributed by atoms with van der Waals surface area (Å²) in [6.07, 6.45) is 1.29. The van der Waals surface area contributed by atoms with Crippen molar-refractivity contribution in [3.63, 3.8) is 0 Å². The molecule has 4 rings (SSSR count). The molecule has 2 aromatic rings. The van der Waals surface area contributed by atoms with Gasteiger partial charge in [0.25, 0.3) is 0 Å². The number of carbonyl (C=O) groups is 2. The molecule has 0 radical (unpaired) electrons. The number of carbonyl (C=O) groups excluding carboxylic acids is 2. The summed E-state index contributed by atoms with van der Waals surface area (Å²) in [5.41, 5.74) is 5.66. The van der Waals surface area contributed by atoms with Crippen molar-refractivity contribution < 1.29 is 9.59 Å². The third kappa shape index (κ3) is 3.72. The van der Waals surface area contributed by atoms with Gasteiger partial charge in [-0.25, -0.2) is 0 Å². The summed E-state index contributed by atoms with van der Waals surface area (Å²) in [4.78, 5) is 28.0. The van der Waals surface area contributed by atoms with Crippen LogP contribution in [0.15, 0.2) is 59.8 Å². The first kappa shape index (κ1) is 20.2. The number of benzene rings is 2. The molecule has 0 aromatic heterocycles. The van der Waals surface area contributed by atoms with Crippen molar-refractivity contribution in [3.05, 3.63) is 70.9 Å². The Morgan fingerprint density at radius 3 is 2.53 bits per heavy atom. The molecule has 1 aliphatic heterocycles. The monoisotopic (exact) mass is 403 g/mol. The number of anilines is 2. The molecule has 1 amide bonds. The minimum Gasteiger partial charge on any atom is -0.358 e. The van der Waals surface area contributed by atoms with E-state index in [0.717, 1.165) is 40.2 Å². The second kappa shape index (κ2) is 7.63. The summed E-state index contributed by atoms with van der Waals surface area (Å²) in [6.45, 7) is 6.49. The summed E-state index contributed by atoms with van der Waals surface area (Å²) in [5.74, 6) is 0.0589. The van der Waals surface area contributed by atoms with Gasteiger partial charge < -0.3 is 15.5 Å². The number of para-hydroxylation sites is 2. The molecule has 2 N–H and O–H groups in total. The number of hydrogen-bond donors (Lipinski definition) is 2. The number of nitrogens with zero attached hydrogens (tertiary/aromatic N) is 1. The molecule has 30 heavy (non-hydrogen) atoms. The SMILES string of the molecule is CNC(=O)CN1c2ccccc2NC2=C(C(=O)CC(C)(C)C2)[C@H]1c1ccc(C)cc1. The molecule has 156 valence electrons. The lowest BCUT2D eigenvalue weighted by molar-refractivity contribution is -0.120. The van der Waals surface area contributed by atoms with Crippen LogP contribution in [0.5, 0.6) is 0 Å². The third-order valence-corrected chi connectivity index (χ3v) is 5.99. The molecule has 0 saturated heterocycles. The highest BCUT2D eigenvalue weighted by atomic mass is 16.2. The second-order valence-corrected chi connectivity index (χ2v) is 9.09. The molecule has 5 nitrogen and oxygen atoms in total. The summed E-state index contributed by atoms with van der Waals surface area (Å²) in [5, 5.41) is 6.30. The fourth-order valence-electron chi connectivity index (χ4n) is 4.56. The number of hydrogen-bond acceptors (Lipinski definition) is 4. The third-order valence-electron chi connectivity index (χ3n) is 5.99. The van der Waals surface area contributed by atoms with Crippen LogP contribution in [0.25, 0.3) is 0 Å². The molecule has 0 spiro atoms. The zero-order chi connectivity index (χ0) is 21.5. The lowest BCUT2D eigenvalue weighted by Gasteiger charge is -2.37. The van der Waals surface area contributed by atoms with Crippen molar-refractivity contribution in [1.82, 2.24) is 5.32 Å². The van der Waals surface area contributed by atoms with E-state index in [-0.39, 0.29) is 29.7 Å². The molecule has 5 heteroatoms. The van der Waals surface area contributed by atoms with Gasteiger partial charge in [0.05, 0.1) is 24.0 Å². The number of Topliss-reactive ketones (excluding diaryl/α,β-unsaturated/α-hetero) is 1. The number of rotatable bonds is 3. The highest BCUT2D eigenvalue weighted by Gasteiger charge is 2.41. The highest BCUT2D eigenvalue weighted by molar-refractivity contribution is 6.01. The van der Waals surface area contributed by atoms with Gasteiger partial charge in [-0.2, -0.15) is 0 Å². The van der Waals surface area contributed by atoms with E-state index in [1.807, 2.05) is 24.3 Å². The van der Waals surface area contributed by atoms with E-state index < -0.39 is 0 Å². The molecule has 2 aromatic carbocycles. The first-order chi connectivity index (χ1) is 14.3. The summed E-state index contributed by atoms with van der Waals surface area (Å²) < 4.78 is 0. The lowest BCUT2D eigenvalue weighted by Crippen LogP contribution is -2.41. The highest BCUT2D eigenvalue weighted by Crippen LogP contribution is 2.48. The number of amides is 1. The van der Waals surface area contributed by atoms with Gasteiger partial charge in [-0.15, -0.1) is 0 Å². The van der Waals surface area contributed by atoms with Crippen LogP contribution in [0.4, 0.5) is 11.4 Å². The lowest BCUT2D eigenvalue weighted by atomic mass is 9.73. The van der Waals surface area contributed by atoms with Crippen molar-refractivity contribution in [3.8, 4) is 0 Å². The zero-order valence-electron chi connectivity index (χ0n) is 18.1. The number of likely N-dealkylation sites (N-methyl/N-ethyl adjacent to an activating group) is 1. The predicted octanol–water partition coefficient (Wildman–Crippen LogP) is 4.36. The Balaban J connectivity index is 1.96. The van der Waals surface area contributed by atoms with Crippen LogP contribution in [-0.2, 0) is 9.59 Å². The number of allylic oxidation sites excluding steroid dienone is 1. The minimum atomic E-state index is -0.322. The van der Waals surface area contributed by atoms with Gasteiger partial charge in [0.2, 0.25) is 5.91 Å². The molecular formula is C25H29N3O2. The van der Waals surface area contributed by atoms with E-state index in [1.54, 1.807) is 7.05 Å². The maximum atomic E-state index is 13.5. The van der Waals surface area contributed by atoms with E-state index >= 15 is 0 Å². The minimum absolute atomic E-state index is 0.0884. The Labute approximate surface area is 178 Å². The first-order valence-electron chi connectivity index (χ1n) is 10.5. The van der Waals surface area contributed by atoms with Crippen LogP contribution in [0.2, 0.25) is 0 Å². The van der Waals surface area contributed by atoms with E-state index in [2.05, 4.69) is 60.6 Å². The quantitative estimate of drug-likeness (QED) is 0.800. The molecule has 0 saturated carbocycles. The molecule has 1 atom stereocenters. The van der Waals surface area contributed by atoms with Gasteiger partial charge in [-0.1, -0.05) is 55.8 Å². The van der Waals surface area contributed by atoms with Crippen molar-refractivity contribution >= 4 is 23.1 Å². The van der Waals surface area contributed by atoms with Gasteiger partial charge in [0.1, 0.15) is 0 Å². The molecule has 2 aliphatic rings. The Bertz CT molecular complexity index is 1020. The number of aryl methyl sites for hydroxylation is 1. The van der Waals surface area contributed by atoms with Gasteiger partial charge in [-0.05, 0) is 36.5 Å². The number of ketones is 1. The second-order valence-electron chi connectivity index (χ2n) is 9.09. The fraction of sp³-hybridized carbons (Fsp3) is 0.360. The Morgan fingerprint density at radius 2 is 1.83 bits per heavy atom. The van der Waals surface area contributed by atoms with Crippen LogP contribution in [0, 0.1) is 12.3 Å². The predicted molar refractivity (Wildman–Crippen MR) is 120 cm³/mol. The molecule has 1 heterocycles. The van der Waals surface area contributed by atoms with E-state index in [0.29, 0.717) is 6.42 Å². The topological polar surface area (TPSA) is 61.4 Å². The Morgan fingerprint density at radius 1 is 1.13 bits per heavy atom. The standard InChI is InChI=1S/C25H29N3O2/c1-16-9-11-17(12-10-16)24-23-19(13-25(2,3)14-21(23)29)27-18-7-5-6-8-20(18)28(24)15-22(30)26-4/h5-12,24,27H,13-15H2,1-4H3,(H,26,30)/t24-/m1/s1. The molecule has 0 bridgehead atoms. The summed E-state index contributed by atoms with van der Waals surface area (Å²) in [6, 6.07) is 15.9. The van der Waals surface area contributed by atoms with Crippen LogP contribution >= 0.6 is 0 Å². The van der Waals surface area contributed by atoms with Crippen LogP contribution in [0.1, 0.15) is 43.9 Å². The maximum absolute atomic E-state index is 13.5. The van der Waals surface area contributed by atoms with Crippen LogP contribution in [-0.4, -0.2) is 25.3 Å². The molecule has 0 fully saturated rings. The zero-order valence-corrected chi connectivity index (χ0v) is 18.1. The number of nitrogens with one attached hydrogen (secondary N) is 2. The summed E-state index contributed by atoms with van der Waals surface area (Å²) >= 11 is 0. The average molecular weight is 404 g/mol. The largest absolute Gasteiger partial charge is 0.358 e. The van der Waals surface area contributed by atoms with Crippen molar-refractivity contribution in [1.29, 1.82) is 0 Å². The molecular weight excluding hydrogens is 374 g/mol. The normalized spacial score (nSPS) is 20.1. The van der Waals surface area contributed by atoms with E-state index in [9.17, 15) is 9.59 Å². The van der Waals surface area contributed by atoms with Crippen molar-refractivity contribution in [2.24, 2.45) is 5.41 Å². The first-order valence-corrected chi connectivity index (χ1v) is 10.5.